The molecule has 1 aliphatic heterocycles. The van der Waals surface area contributed by atoms with Crippen LogP contribution >= 0.6 is 27.5 Å². The highest BCUT2D eigenvalue weighted by Gasteiger charge is 2.62. The van der Waals surface area contributed by atoms with Gasteiger partial charge in [0.05, 0.1) is 0 Å². The molecule has 0 aliphatic carbocycles. The van der Waals surface area contributed by atoms with Gasteiger partial charge in [-0.1, -0.05) is 51.8 Å². The largest absolute Gasteiger partial charge is 0.445 e. The molecule has 0 amide bonds. The fraction of sp³-hybridized carbons (Fsp3) is 0.188. The first kappa shape index (κ1) is 17.3. The van der Waals surface area contributed by atoms with Crippen LogP contribution in [0.2, 0.25) is 5.02 Å². The summed E-state index contributed by atoms with van der Waals surface area (Å²) in [5, 5.41) is 1.20. The number of hydroxylamine groups is 2. The molecule has 2 aromatic carbocycles. The standard InChI is InChI=1S/C16H11BrClF3N2O/c1-23-14(10-5-7-12(17)8-6-10)22-15(24-23,16(19,20)21)11-3-2-4-13(18)9-11/h2-9H,1H3. The van der Waals surface area contributed by atoms with E-state index in [1.54, 1.807) is 24.3 Å². The maximum absolute atomic E-state index is 13.9. The van der Waals surface area contributed by atoms with E-state index >= 15 is 0 Å². The number of rotatable bonds is 2. The number of alkyl halides is 3. The van der Waals surface area contributed by atoms with Crippen LogP contribution in [0.1, 0.15) is 11.1 Å². The van der Waals surface area contributed by atoms with Gasteiger partial charge in [0.15, 0.2) is 5.84 Å². The van der Waals surface area contributed by atoms with Crippen molar-refractivity contribution in [1.82, 2.24) is 5.06 Å². The van der Waals surface area contributed by atoms with Gasteiger partial charge in [0, 0.05) is 27.7 Å². The fourth-order valence-electron chi connectivity index (χ4n) is 2.42. The SMILES string of the molecule is CN1OC(c2cccc(Cl)c2)(C(F)(F)F)N=C1c1ccc(Br)cc1. The van der Waals surface area contributed by atoms with Crippen LogP contribution in [0.4, 0.5) is 13.2 Å². The van der Waals surface area contributed by atoms with E-state index in [0.717, 1.165) is 9.54 Å². The van der Waals surface area contributed by atoms with E-state index in [1.807, 2.05) is 0 Å². The van der Waals surface area contributed by atoms with E-state index in [-0.39, 0.29) is 16.4 Å². The van der Waals surface area contributed by atoms with E-state index in [9.17, 15) is 13.2 Å². The summed E-state index contributed by atoms with van der Waals surface area (Å²) >= 11 is 9.14. The van der Waals surface area contributed by atoms with E-state index in [2.05, 4.69) is 20.9 Å². The van der Waals surface area contributed by atoms with Crippen LogP contribution in [-0.2, 0) is 10.6 Å². The zero-order chi connectivity index (χ0) is 17.5. The summed E-state index contributed by atoms with van der Waals surface area (Å²) in [5.41, 5.74) is -2.50. The lowest BCUT2D eigenvalue weighted by Gasteiger charge is -2.28. The van der Waals surface area contributed by atoms with Crippen molar-refractivity contribution in [3.63, 3.8) is 0 Å². The van der Waals surface area contributed by atoms with Gasteiger partial charge in [-0.25, -0.2) is 14.9 Å². The number of hydrogen-bond acceptors (Lipinski definition) is 3. The van der Waals surface area contributed by atoms with Crippen molar-refractivity contribution in [2.45, 2.75) is 11.9 Å². The molecule has 1 unspecified atom stereocenters. The Balaban J connectivity index is 2.16. The quantitative estimate of drug-likeness (QED) is 0.673. The van der Waals surface area contributed by atoms with Crippen LogP contribution in [-0.4, -0.2) is 24.1 Å². The molecule has 0 saturated carbocycles. The van der Waals surface area contributed by atoms with Crippen molar-refractivity contribution in [2.75, 3.05) is 7.05 Å². The minimum absolute atomic E-state index is 0.0831. The lowest BCUT2D eigenvalue weighted by molar-refractivity contribution is -0.320. The molecule has 0 spiro atoms. The van der Waals surface area contributed by atoms with Crippen LogP contribution < -0.4 is 0 Å². The van der Waals surface area contributed by atoms with Gasteiger partial charge in [-0.2, -0.15) is 13.2 Å². The lowest BCUT2D eigenvalue weighted by atomic mass is 10.0. The van der Waals surface area contributed by atoms with E-state index in [0.29, 0.717) is 5.56 Å². The van der Waals surface area contributed by atoms with Gasteiger partial charge >= 0.3 is 11.9 Å². The topological polar surface area (TPSA) is 24.8 Å². The maximum atomic E-state index is 13.9. The molecule has 3 rings (SSSR count). The third kappa shape index (κ3) is 2.92. The average molecular weight is 420 g/mol. The number of amidine groups is 1. The number of aliphatic imine (C=N–C) groups is 1. The van der Waals surface area contributed by atoms with Gasteiger partial charge in [-0.3, -0.25) is 0 Å². The summed E-state index contributed by atoms with van der Waals surface area (Å²) in [7, 11) is 1.39. The van der Waals surface area contributed by atoms with Gasteiger partial charge in [0.2, 0.25) is 0 Å². The summed E-state index contributed by atoms with van der Waals surface area (Å²) < 4.78 is 42.4. The van der Waals surface area contributed by atoms with Crippen molar-refractivity contribution in [2.24, 2.45) is 4.99 Å². The molecule has 0 N–H and O–H groups in total. The smallest absolute Gasteiger partial charge is 0.235 e. The van der Waals surface area contributed by atoms with Gasteiger partial charge in [0.25, 0.3) is 0 Å². The highest BCUT2D eigenvalue weighted by atomic mass is 79.9. The lowest BCUT2D eigenvalue weighted by Crippen LogP contribution is -2.42. The Morgan fingerprint density at radius 2 is 1.83 bits per heavy atom. The number of benzene rings is 2. The van der Waals surface area contributed by atoms with Gasteiger partial charge < -0.3 is 0 Å². The molecule has 0 radical (unpaired) electrons. The molecular weight excluding hydrogens is 409 g/mol. The first-order valence-corrected chi connectivity index (χ1v) is 8.01. The van der Waals surface area contributed by atoms with Crippen molar-refractivity contribution in [3.05, 3.63) is 69.2 Å². The molecule has 3 nitrogen and oxygen atoms in total. The molecule has 0 aromatic heterocycles. The fourth-order valence-corrected chi connectivity index (χ4v) is 2.88. The Kier molecular flexibility index (Phi) is 4.36. The second kappa shape index (κ2) is 6.06. The summed E-state index contributed by atoms with van der Waals surface area (Å²) in [6.45, 7) is 0. The first-order valence-electron chi connectivity index (χ1n) is 6.84. The Hall–Kier alpha value is -1.57. The van der Waals surface area contributed by atoms with Crippen LogP contribution in [0.25, 0.3) is 0 Å². The third-order valence-corrected chi connectivity index (χ3v) is 4.30. The predicted octanol–water partition coefficient (Wildman–Crippen LogP) is 5.14. The average Bonchev–Trinajstić information content (AvgIpc) is 2.87. The first-order chi connectivity index (χ1) is 11.2. The van der Waals surface area contributed by atoms with Crippen molar-refractivity contribution in [3.8, 4) is 0 Å². The minimum Gasteiger partial charge on any atom is -0.235 e. The zero-order valence-electron chi connectivity index (χ0n) is 12.3. The Morgan fingerprint density at radius 3 is 2.42 bits per heavy atom. The van der Waals surface area contributed by atoms with Gasteiger partial charge in [0.1, 0.15) is 0 Å². The van der Waals surface area contributed by atoms with Crippen LogP contribution in [0.3, 0.4) is 0 Å². The van der Waals surface area contributed by atoms with Gasteiger partial charge in [-0.05, 0) is 24.3 Å². The summed E-state index contributed by atoms with van der Waals surface area (Å²) in [4.78, 5) is 9.09. The van der Waals surface area contributed by atoms with Gasteiger partial charge in [-0.15, -0.1) is 0 Å². The number of halogens is 5. The molecule has 1 heterocycles. The normalized spacial score (nSPS) is 21.1. The Morgan fingerprint density at radius 1 is 1.17 bits per heavy atom. The van der Waals surface area contributed by atoms with E-state index in [4.69, 9.17) is 16.4 Å². The Bertz CT molecular complexity index is 795. The summed E-state index contributed by atoms with van der Waals surface area (Å²) in [5.74, 6) is 0.0831. The second-order valence-corrected chi connectivity index (χ2v) is 6.54. The number of nitrogens with zero attached hydrogens (tertiary/aromatic N) is 2. The Labute approximate surface area is 149 Å². The molecule has 0 bridgehead atoms. The van der Waals surface area contributed by atoms with Crippen LogP contribution in [0.5, 0.6) is 0 Å². The predicted molar refractivity (Wildman–Crippen MR) is 88.7 cm³/mol. The van der Waals surface area contributed by atoms with Crippen molar-refractivity contribution >= 4 is 33.4 Å². The maximum Gasteiger partial charge on any atom is 0.445 e. The highest BCUT2D eigenvalue weighted by molar-refractivity contribution is 9.10. The molecule has 126 valence electrons. The molecule has 24 heavy (non-hydrogen) atoms. The molecular formula is C16H11BrClF3N2O. The molecule has 2 aromatic rings. The van der Waals surface area contributed by atoms with Crippen LogP contribution in [0, 0.1) is 0 Å². The van der Waals surface area contributed by atoms with E-state index in [1.165, 1.54) is 31.3 Å². The monoisotopic (exact) mass is 418 g/mol. The number of hydrogen-bond donors (Lipinski definition) is 0. The molecule has 0 saturated heterocycles. The highest BCUT2D eigenvalue weighted by Crippen LogP contribution is 2.47. The summed E-state index contributed by atoms with van der Waals surface area (Å²) in [6, 6.07) is 12.2. The molecule has 8 heteroatoms. The minimum atomic E-state index is -4.76. The van der Waals surface area contributed by atoms with Crippen LogP contribution in [0.15, 0.2) is 58.0 Å². The third-order valence-electron chi connectivity index (χ3n) is 3.53. The van der Waals surface area contributed by atoms with E-state index < -0.39 is 11.9 Å². The van der Waals surface area contributed by atoms with Crippen molar-refractivity contribution in [1.29, 1.82) is 0 Å². The summed E-state index contributed by atoms with van der Waals surface area (Å²) in [6.07, 6.45) is -4.76. The molecule has 1 atom stereocenters. The van der Waals surface area contributed by atoms with Crippen molar-refractivity contribution < 1.29 is 18.0 Å². The zero-order valence-corrected chi connectivity index (χ0v) is 14.7. The second-order valence-electron chi connectivity index (χ2n) is 5.18. The molecule has 1 aliphatic rings. The molecule has 0 fully saturated rings.